The van der Waals surface area contributed by atoms with Crippen molar-refractivity contribution < 1.29 is 14.3 Å². The summed E-state index contributed by atoms with van der Waals surface area (Å²) in [4.78, 5) is 11.2. The van der Waals surface area contributed by atoms with Gasteiger partial charge < -0.3 is 9.47 Å². The zero-order valence-electron chi connectivity index (χ0n) is 8.41. The lowest BCUT2D eigenvalue weighted by Crippen LogP contribution is -2.00. The largest absolute Gasteiger partial charge is 0.465 e. The number of rotatable bonds is 3. The van der Waals surface area contributed by atoms with Crippen molar-refractivity contribution in [3.63, 3.8) is 0 Å². The summed E-state index contributed by atoms with van der Waals surface area (Å²) in [6, 6.07) is 6.60. The summed E-state index contributed by atoms with van der Waals surface area (Å²) in [6.45, 7) is 0. The summed E-state index contributed by atoms with van der Waals surface area (Å²) in [5.41, 5.74) is 2.06. The van der Waals surface area contributed by atoms with Gasteiger partial charge in [0.15, 0.2) is 0 Å². The highest BCUT2D eigenvalue weighted by molar-refractivity contribution is 7.11. The molecule has 6 heteroatoms. The van der Waals surface area contributed by atoms with Gasteiger partial charge in [0.05, 0.1) is 12.7 Å². The Hall–Kier alpha value is -1.95. The molecule has 82 valence electrons. The number of nitrogens with zero attached hydrogens (tertiary/aromatic N) is 2. The van der Waals surface area contributed by atoms with Crippen molar-refractivity contribution in [2.75, 3.05) is 7.11 Å². The Balaban J connectivity index is 2.10. The molecule has 0 spiro atoms. The third kappa shape index (κ3) is 2.34. The Bertz CT molecular complexity index is 467. The van der Waals surface area contributed by atoms with Crippen molar-refractivity contribution in [3.8, 4) is 10.9 Å². The van der Waals surface area contributed by atoms with E-state index in [1.807, 2.05) is 0 Å². The van der Waals surface area contributed by atoms with Crippen LogP contribution in [0, 0.1) is 0 Å². The molecule has 0 fully saturated rings. The molecule has 1 heterocycles. The molecule has 0 aliphatic carbocycles. The smallest absolute Gasteiger partial charge is 0.337 e. The van der Waals surface area contributed by atoms with Gasteiger partial charge in [-0.2, -0.15) is 0 Å². The number of methoxy groups -OCH3 is 1. The highest BCUT2D eigenvalue weighted by Gasteiger charge is 2.05. The zero-order valence-corrected chi connectivity index (χ0v) is 9.23. The molecule has 0 radical (unpaired) electrons. The molecule has 0 saturated heterocycles. The summed E-state index contributed by atoms with van der Waals surface area (Å²) < 4.78 is 9.96. The van der Waals surface area contributed by atoms with Gasteiger partial charge in [0, 0.05) is 0 Å². The average Bonchev–Trinajstić information content (AvgIpc) is 2.82. The molecule has 16 heavy (non-hydrogen) atoms. The van der Waals surface area contributed by atoms with Gasteiger partial charge in [0.2, 0.25) is 0 Å². The lowest BCUT2D eigenvalue weighted by Gasteiger charge is -2.02. The van der Waals surface area contributed by atoms with Crippen molar-refractivity contribution >= 4 is 17.3 Å². The van der Waals surface area contributed by atoms with Crippen molar-refractivity contribution in [1.29, 1.82) is 0 Å². The van der Waals surface area contributed by atoms with Crippen molar-refractivity contribution in [2.45, 2.75) is 0 Å². The quantitative estimate of drug-likeness (QED) is 0.764. The highest BCUT2D eigenvalue weighted by atomic mass is 32.1. The molecule has 2 rings (SSSR count). The minimum Gasteiger partial charge on any atom is -0.465 e. The van der Waals surface area contributed by atoms with E-state index >= 15 is 0 Å². The van der Waals surface area contributed by atoms with E-state index < -0.39 is 0 Å². The topological polar surface area (TPSA) is 61.3 Å². The monoisotopic (exact) mass is 236 g/mol. The molecule has 0 aliphatic heterocycles. The molecule has 0 unspecified atom stereocenters. The third-order valence-corrected chi connectivity index (χ3v) is 2.39. The maximum Gasteiger partial charge on any atom is 0.337 e. The SMILES string of the molecule is COC(=O)c1ccc(Oc2nncs2)cc1. The van der Waals surface area contributed by atoms with E-state index in [-0.39, 0.29) is 5.97 Å². The molecule has 0 bridgehead atoms. The first kappa shape index (κ1) is 10.6. The molecule has 5 nitrogen and oxygen atoms in total. The van der Waals surface area contributed by atoms with Crippen LogP contribution in [-0.2, 0) is 4.74 Å². The van der Waals surface area contributed by atoms with E-state index in [4.69, 9.17) is 4.74 Å². The van der Waals surface area contributed by atoms with Crippen molar-refractivity contribution in [3.05, 3.63) is 35.3 Å². The van der Waals surface area contributed by atoms with Crippen LogP contribution in [0.2, 0.25) is 0 Å². The second kappa shape index (κ2) is 4.71. The summed E-state index contributed by atoms with van der Waals surface area (Å²) in [6.07, 6.45) is 0. The predicted molar refractivity (Wildman–Crippen MR) is 57.8 cm³/mol. The Morgan fingerprint density at radius 1 is 1.31 bits per heavy atom. The maximum absolute atomic E-state index is 11.2. The first-order valence-electron chi connectivity index (χ1n) is 4.42. The second-order valence-electron chi connectivity index (χ2n) is 2.82. The van der Waals surface area contributed by atoms with Crippen LogP contribution < -0.4 is 4.74 Å². The number of hydrogen-bond acceptors (Lipinski definition) is 6. The minimum absolute atomic E-state index is 0.373. The molecule has 0 amide bonds. The number of hydrogen-bond donors (Lipinski definition) is 0. The maximum atomic E-state index is 11.2. The number of esters is 1. The number of carbonyl (C=O) groups is 1. The zero-order chi connectivity index (χ0) is 11.4. The fourth-order valence-corrected chi connectivity index (χ4v) is 1.51. The fraction of sp³-hybridized carbons (Fsp3) is 0.100. The Labute approximate surface area is 95.7 Å². The lowest BCUT2D eigenvalue weighted by molar-refractivity contribution is 0.0600. The van der Waals surface area contributed by atoms with Crippen LogP contribution >= 0.6 is 11.3 Å². The van der Waals surface area contributed by atoms with E-state index in [2.05, 4.69) is 14.9 Å². The van der Waals surface area contributed by atoms with Gasteiger partial charge in [-0.15, -0.1) is 5.10 Å². The lowest BCUT2D eigenvalue weighted by atomic mass is 10.2. The normalized spacial score (nSPS) is 9.81. The number of ether oxygens (including phenoxy) is 2. The molecule has 1 aromatic carbocycles. The Kier molecular flexibility index (Phi) is 3.11. The first-order chi connectivity index (χ1) is 7.79. The van der Waals surface area contributed by atoms with Gasteiger partial charge in [0.1, 0.15) is 11.3 Å². The van der Waals surface area contributed by atoms with Crippen LogP contribution in [0.15, 0.2) is 29.8 Å². The molecule has 0 N–H and O–H groups in total. The Morgan fingerprint density at radius 2 is 2.06 bits per heavy atom. The molecular formula is C10H8N2O3S. The molecule has 0 atom stereocenters. The molecule has 0 aliphatic rings. The number of carbonyl (C=O) groups excluding carboxylic acids is 1. The van der Waals surface area contributed by atoms with Gasteiger partial charge in [0.25, 0.3) is 5.19 Å². The second-order valence-corrected chi connectivity index (χ2v) is 3.62. The number of benzene rings is 1. The van der Waals surface area contributed by atoms with Crippen LogP contribution in [0.25, 0.3) is 0 Å². The van der Waals surface area contributed by atoms with Crippen molar-refractivity contribution in [1.82, 2.24) is 10.2 Å². The van der Waals surface area contributed by atoms with Crippen molar-refractivity contribution in [2.24, 2.45) is 0 Å². The average molecular weight is 236 g/mol. The molecule has 0 saturated carbocycles. The van der Waals surface area contributed by atoms with Crippen LogP contribution in [0.3, 0.4) is 0 Å². The van der Waals surface area contributed by atoms with Crippen LogP contribution in [0.1, 0.15) is 10.4 Å². The predicted octanol–water partition coefficient (Wildman–Crippen LogP) is 2.12. The van der Waals surface area contributed by atoms with Crippen LogP contribution in [0.4, 0.5) is 0 Å². The summed E-state index contributed by atoms with van der Waals surface area (Å²) in [7, 11) is 1.34. The molecule has 1 aromatic heterocycles. The van der Waals surface area contributed by atoms with E-state index in [0.717, 1.165) is 0 Å². The van der Waals surface area contributed by atoms with E-state index in [0.29, 0.717) is 16.5 Å². The summed E-state index contributed by atoms with van der Waals surface area (Å²) >= 11 is 1.30. The van der Waals surface area contributed by atoms with Gasteiger partial charge in [-0.05, 0) is 24.3 Å². The van der Waals surface area contributed by atoms with Gasteiger partial charge in [-0.25, -0.2) is 4.79 Å². The first-order valence-corrected chi connectivity index (χ1v) is 5.30. The Morgan fingerprint density at radius 3 is 2.62 bits per heavy atom. The summed E-state index contributed by atoms with van der Waals surface area (Å²) in [5.74, 6) is 0.229. The fourth-order valence-electron chi connectivity index (χ4n) is 1.09. The van der Waals surface area contributed by atoms with Gasteiger partial charge in [-0.1, -0.05) is 16.4 Å². The van der Waals surface area contributed by atoms with E-state index in [1.165, 1.54) is 18.4 Å². The minimum atomic E-state index is -0.373. The van der Waals surface area contributed by atoms with E-state index in [9.17, 15) is 4.79 Å². The van der Waals surface area contributed by atoms with Crippen LogP contribution in [-0.4, -0.2) is 23.3 Å². The van der Waals surface area contributed by atoms with Gasteiger partial charge >= 0.3 is 5.97 Å². The number of aromatic nitrogens is 2. The molecule has 2 aromatic rings. The van der Waals surface area contributed by atoms with Gasteiger partial charge in [-0.3, -0.25) is 0 Å². The van der Waals surface area contributed by atoms with E-state index in [1.54, 1.807) is 29.8 Å². The third-order valence-electron chi connectivity index (χ3n) is 1.82. The summed E-state index contributed by atoms with van der Waals surface area (Å²) in [5, 5.41) is 7.85. The highest BCUT2D eigenvalue weighted by Crippen LogP contribution is 2.22. The standard InChI is InChI=1S/C10H8N2O3S/c1-14-9(13)7-2-4-8(5-3-7)15-10-12-11-6-16-10/h2-6H,1H3. The molecular weight excluding hydrogens is 228 g/mol. The van der Waals surface area contributed by atoms with Crippen LogP contribution in [0.5, 0.6) is 10.9 Å².